The van der Waals surface area contributed by atoms with Crippen LogP contribution >= 0.6 is 11.3 Å². The molecule has 1 aromatic heterocycles. The standard InChI is InChI=1S/C11H19N3S/c12-5-4-10-8-14-11(15-10)7-9-3-1-2-6-13-9/h8-9,13H,1-7,12H2. The topological polar surface area (TPSA) is 50.9 Å². The van der Waals surface area contributed by atoms with Gasteiger partial charge in [0.15, 0.2) is 0 Å². The first-order valence-corrected chi connectivity index (χ1v) is 6.57. The lowest BCUT2D eigenvalue weighted by molar-refractivity contribution is 0.399. The Bertz CT molecular complexity index is 292. The van der Waals surface area contributed by atoms with Gasteiger partial charge in [0.05, 0.1) is 5.01 Å². The quantitative estimate of drug-likeness (QED) is 0.813. The van der Waals surface area contributed by atoms with Crippen LogP contribution in [0, 0.1) is 0 Å². The molecule has 0 aliphatic carbocycles. The van der Waals surface area contributed by atoms with Gasteiger partial charge < -0.3 is 11.1 Å². The molecule has 1 saturated heterocycles. The Morgan fingerprint density at radius 3 is 3.20 bits per heavy atom. The summed E-state index contributed by atoms with van der Waals surface area (Å²) in [5.74, 6) is 0. The maximum absolute atomic E-state index is 5.52. The van der Waals surface area contributed by atoms with Crippen LogP contribution in [-0.2, 0) is 12.8 Å². The molecule has 2 heterocycles. The SMILES string of the molecule is NCCc1cnc(CC2CCCCN2)s1. The van der Waals surface area contributed by atoms with Crippen LogP contribution < -0.4 is 11.1 Å². The van der Waals surface area contributed by atoms with Crippen molar-refractivity contribution < 1.29 is 0 Å². The van der Waals surface area contributed by atoms with Crippen LogP contribution in [0.4, 0.5) is 0 Å². The molecule has 2 rings (SSSR count). The highest BCUT2D eigenvalue weighted by Crippen LogP contribution is 2.18. The second kappa shape index (κ2) is 5.58. The van der Waals surface area contributed by atoms with Crippen LogP contribution in [0.25, 0.3) is 0 Å². The predicted octanol–water partition coefficient (Wildman–Crippen LogP) is 1.33. The van der Waals surface area contributed by atoms with E-state index >= 15 is 0 Å². The van der Waals surface area contributed by atoms with Gasteiger partial charge in [0, 0.05) is 23.5 Å². The molecule has 0 radical (unpaired) electrons. The molecule has 1 aliphatic rings. The third-order valence-electron chi connectivity index (χ3n) is 2.83. The molecular formula is C11H19N3S. The summed E-state index contributed by atoms with van der Waals surface area (Å²) in [6, 6.07) is 0.649. The maximum atomic E-state index is 5.52. The van der Waals surface area contributed by atoms with Gasteiger partial charge in [0.1, 0.15) is 0 Å². The van der Waals surface area contributed by atoms with Gasteiger partial charge in [-0.3, -0.25) is 0 Å². The van der Waals surface area contributed by atoms with E-state index in [-0.39, 0.29) is 0 Å². The van der Waals surface area contributed by atoms with Crippen molar-refractivity contribution in [2.75, 3.05) is 13.1 Å². The maximum Gasteiger partial charge on any atom is 0.0943 e. The minimum Gasteiger partial charge on any atom is -0.330 e. The van der Waals surface area contributed by atoms with Gasteiger partial charge >= 0.3 is 0 Å². The molecule has 3 N–H and O–H groups in total. The third kappa shape index (κ3) is 3.26. The van der Waals surface area contributed by atoms with Gasteiger partial charge in [-0.1, -0.05) is 6.42 Å². The number of nitrogens with one attached hydrogen (secondary N) is 1. The number of hydrogen-bond donors (Lipinski definition) is 2. The van der Waals surface area contributed by atoms with Gasteiger partial charge in [-0.15, -0.1) is 11.3 Å². The fraction of sp³-hybridized carbons (Fsp3) is 0.727. The van der Waals surface area contributed by atoms with Crippen LogP contribution in [0.2, 0.25) is 0 Å². The van der Waals surface area contributed by atoms with E-state index in [9.17, 15) is 0 Å². The summed E-state index contributed by atoms with van der Waals surface area (Å²) >= 11 is 1.82. The third-order valence-corrected chi connectivity index (χ3v) is 3.90. The first-order chi connectivity index (χ1) is 7.38. The minimum absolute atomic E-state index is 0.649. The zero-order valence-electron chi connectivity index (χ0n) is 9.04. The first kappa shape index (κ1) is 11.0. The van der Waals surface area contributed by atoms with E-state index in [0.29, 0.717) is 6.04 Å². The molecular weight excluding hydrogens is 206 g/mol. The molecule has 1 aromatic rings. The Morgan fingerprint density at radius 1 is 1.53 bits per heavy atom. The smallest absolute Gasteiger partial charge is 0.0943 e. The van der Waals surface area contributed by atoms with E-state index in [2.05, 4.69) is 10.3 Å². The van der Waals surface area contributed by atoms with Crippen LogP contribution in [-0.4, -0.2) is 24.1 Å². The van der Waals surface area contributed by atoms with E-state index in [4.69, 9.17) is 5.73 Å². The number of piperidine rings is 1. The van der Waals surface area contributed by atoms with Gasteiger partial charge in [0.2, 0.25) is 0 Å². The van der Waals surface area contributed by atoms with Crippen LogP contribution in [0.15, 0.2) is 6.20 Å². The molecule has 1 atom stereocenters. The molecule has 0 spiro atoms. The van der Waals surface area contributed by atoms with Crippen molar-refractivity contribution in [3.63, 3.8) is 0 Å². The summed E-state index contributed by atoms with van der Waals surface area (Å²) < 4.78 is 0. The summed E-state index contributed by atoms with van der Waals surface area (Å²) in [4.78, 5) is 5.77. The van der Waals surface area contributed by atoms with Crippen LogP contribution in [0.3, 0.4) is 0 Å². The van der Waals surface area contributed by atoms with Crippen molar-refractivity contribution in [1.29, 1.82) is 0 Å². The van der Waals surface area contributed by atoms with Crippen molar-refractivity contribution in [1.82, 2.24) is 10.3 Å². The largest absolute Gasteiger partial charge is 0.330 e. The Kier molecular flexibility index (Phi) is 4.11. The highest BCUT2D eigenvalue weighted by Gasteiger charge is 2.14. The molecule has 0 aromatic carbocycles. The Morgan fingerprint density at radius 2 is 2.47 bits per heavy atom. The molecule has 1 fully saturated rings. The van der Waals surface area contributed by atoms with E-state index in [1.54, 1.807) is 0 Å². The average Bonchev–Trinajstić information content (AvgIpc) is 2.68. The monoisotopic (exact) mass is 225 g/mol. The Labute approximate surface area is 95.1 Å². The Balaban J connectivity index is 1.86. The molecule has 0 saturated carbocycles. The molecule has 3 nitrogen and oxygen atoms in total. The normalized spacial score (nSPS) is 21.8. The van der Waals surface area contributed by atoms with Crippen molar-refractivity contribution >= 4 is 11.3 Å². The molecule has 1 aliphatic heterocycles. The second-order valence-corrected chi connectivity index (χ2v) is 5.31. The molecule has 0 bridgehead atoms. The number of hydrogen-bond acceptors (Lipinski definition) is 4. The van der Waals surface area contributed by atoms with E-state index in [0.717, 1.165) is 19.4 Å². The van der Waals surface area contributed by atoms with Crippen molar-refractivity contribution in [3.05, 3.63) is 16.1 Å². The van der Waals surface area contributed by atoms with Gasteiger partial charge in [0.25, 0.3) is 0 Å². The molecule has 84 valence electrons. The lowest BCUT2D eigenvalue weighted by Gasteiger charge is -2.22. The number of nitrogens with zero attached hydrogens (tertiary/aromatic N) is 1. The summed E-state index contributed by atoms with van der Waals surface area (Å²) in [6.07, 6.45) is 8.03. The minimum atomic E-state index is 0.649. The number of nitrogens with two attached hydrogens (primary N) is 1. The van der Waals surface area contributed by atoms with Gasteiger partial charge in [-0.2, -0.15) is 0 Å². The van der Waals surface area contributed by atoms with Gasteiger partial charge in [-0.25, -0.2) is 4.98 Å². The predicted molar refractivity (Wildman–Crippen MR) is 64.2 cm³/mol. The zero-order valence-corrected chi connectivity index (χ0v) is 9.85. The van der Waals surface area contributed by atoms with E-state index in [1.807, 2.05) is 17.5 Å². The Hall–Kier alpha value is -0.450. The van der Waals surface area contributed by atoms with Gasteiger partial charge in [-0.05, 0) is 32.4 Å². The van der Waals surface area contributed by atoms with Crippen molar-refractivity contribution in [2.24, 2.45) is 5.73 Å². The lowest BCUT2D eigenvalue weighted by Crippen LogP contribution is -2.35. The summed E-state index contributed by atoms with van der Waals surface area (Å²) in [5, 5.41) is 4.81. The summed E-state index contributed by atoms with van der Waals surface area (Å²) in [7, 11) is 0. The number of rotatable bonds is 4. The van der Waals surface area contributed by atoms with Crippen LogP contribution in [0.1, 0.15) is 29.1 Å². The van der Waals surface area contributed by atoms with Crippen molar-refractivity contribution in [3.8, 4) is 0 Å². The summed E-state index contributed by atoms with van der Waals surface area (Å²) in [6.45, 7) is 1.90. The second-order valence-electron chi connectivity index (χ2n) is 4.11. The molecule has 4 heteroatoms. The van der Waals surface area contributed by atoms with Crippen molar-refractivity contribution in [2.45, 2.75) is 38.1 Å². The summed E-state index contributed by atoms with van der Waals surface area (Å²) in [5.41, 5.74) is 5.52. The average molecular weight is 225 g/mol. The highest BCUT2D eigenvalue weighted by molar-refractivity contribution is 7.11. The highest BCUT2D eigenvalue weighted by atomic mass is 32.1. The molecule has 15 heavy (non-hydrogen) atoms. The zero-order chi connectivity index (χ0) is 10.5. The number of thiazole rings is 1. The van der Waals surface area contributed by atoms with E-state index < -0.39 is 0 Å². The van der Waals surface area contributed by atoms with E-state index in [1.165, 1.54) is 35.7 Å². The lowest BCUT2D eigenvalue weighted by atomic mass is 10.0. The molecule has 0 amide bonds. The fourth-order valence-electron chi connectivity index (χ4n) is 2.01. The molecule has 1 unspecified atom stereocenters. The first-order valence-electron chi connectivity index (χ1n) is 5.75. The van der Waals surface area contributed by atoms with Crippen LogP contribution in [0.5, 0.6) is 0 Å². The fourth-order valence-corrected chi connectivity index (χ4v) is 3.03. The number of aromatic nitrogens is 1.